The molecule has 0 heterocycles. The summed E-state index contributed by atoms with van der Waals surface area (Å²) in [6, 6.07) is 0. The van der Waals surface area contributed by atoms with Crippen LogP contribution in [-0.2, 0) is 85.3 Å². The maximum absolute atomic E-state index is 0. The van der Waals surface area contributed by atoms with Crippen molar-refractivity contribution in [1.29, 1.82) is 0 Å². The Labute approximate surface area is 226 Å². The molecule has 0 fully saturated rings. The summed E-state index contributed by atoms with van der Waals surface area (Å²) in [6.07, 6.45) is 0. The van der Waals surface area contributed by atoms with Gasteiger partial charge in [0, 0.05) is 164 Å². The van der Waals surface area contributed by atoms with E-state index in [1.807, 2.05) is 0 Å². The Bertz CT molecular complexity index is 27.1. The molecule has 0 saturated heterocycles. The van der Waals surface area contributed by atoms with Crippen molar-refractivity contribution >= 4 is 78.6 Å². The fraction of sp³-hybridized carbons (Fsp3) is 0. The molecule has 0 unspecified atom stereocenters. The van der Waals surface area contributed by atoms with Gasteiger partial charge in [0.25, 0.3) is 0 Å². The Morgan fingerprint density at radius 1 is 0.150 bits per heavy atom. The van der Waals surface area contributed by atoms with E-state index in [2.05, 4.69) is 0 Å². The summed E-state index contributed by atoms with van der Waals surface area (Å²) >= 11 is 0. The first-order valence-corrected chi connectivity index (χ1v) is 0. The van der Waals surface area contributed by atoms with Crippen LogP contribution in [0.3, 0.4) is 0 Å². The van der Waals surface area contributed by atoms with E-state index in [4.69, 9.17) is 0 Å². The molecule has 20 heteroatoms. The Morgan fingerprint density at radius 3 is 0.150 bits per heavy atom. The fourth-order valence-corrected chi connectivity index (χ4v) is 0. The van der Waals surface area contributed by atoms with Crippen LogP contribution in [0.25, 0.3) is 0 Å². The minimum absolute atomic E-state index is 0. The van der Waals surface area contributed by atoms with Crippen LogP contribution in [0.5, 0.6) is 0 Å². The van der Waals surface area contributed by atoms with E-state index < -0.39 is 0 Å². The number of hydrogen-bond acceptors (Lipinski definition) is 0. The van der Waals surface area contributed by atoms with E-state index in [1.54, 1.807) is 0 Å². The first kappa shape index (κ1) is 616. The molecule has 0 aliphatic rings. The second kappa shape index (κ2) is 542. The minimum atomic E-state index is 0. The molecule has 24 N–H and O–H groups in total. The van der Waals surface area contributed by atoms with Gasteiger partial charge in [-0.15, -0.1) is 0 Å². The van der Waals surface area contributed by atoms with Gasteiger partial charge in [0.05, 0.1) is 0 Å². The van der Waals surface area contributed by atoms with E-state index in [9.17, 15) is 0 Å². The zero-order chi connectivity index (χ0) is 0. The van der Waals surface area contributed by atoms with Gasteiger partial charge in [0.15, 0.2) is 0 Å². The average molecular weight is 1120 g/mol. The van der Waals surface area contributed by atoms with Crippen LogP contribution >= 0.6 is 0 Å². The Morgan fingerprint density at radius 2 is 0.150 bits per heavy atom. The van der Waals surface area contributed by atoms with E-state index in [0.717, 1.165) is 0 Å². The molecule has 0 aliphatic heterocycles. The third-order valence-corrected chi connectivity index (χ3v) is 0. The Hall–Kier alpha value is 4.77. The molecule has 0 bridgehead atoms. The van der Waals surface area contributed by atoms with Crippen LogP contribution in [0, 0.1) is 0 Å². The van der Waals surface area contributed by atoms with Crippen LogP contribution in [0.2, 0.25) is 0 Å². The normalized spacial score (nSPS) is 0. The molecule has 0 rings (SSSR count). The van der Waals surface area contributed by atoms with Crippen LogP contribution in [0.1, 0.15) is 0 Å². The number of hydrogen-bond donors (Lipinski definition) is 0. The predicted octanol–water partition coefficient (Wildman–Crippen LogP) is -11.1. The van der Waals surface area contributed by atoms with E-state index in [-0.39, 0.29) is 230 Å². The van der Waals surface area contributed by atoms with Crippen molar-refractivity contribution in [2.45, 2.75) is 0 Å². The zero-order valence-electron chi connectivity index (χ0n) is 9.11. The van der Waals surface area contributed by atoms with Crippen LogP contribution in [-0.4, -0.2) is 144 Å². The molecule has 0 aromatic heterocycles. The van der Waals surface area contributed by atoms with Gasteiger partial charge in [-0.1, -0.05) is 0 Å². The van der Waals surface area contributed by atoms with Crippen molar-refractivity contribution in [3.05, 3.63) is 0 Å². The van der Waals surface area contributed by atoms with E-state index in [1.165, 1.54) is 0 Å². The maximum Gasteiger partial charge on any atom is 0 e. The van der Waals surface area contributed by atoms with Gasteiger partial charge in [0.2, 0.25) is 0 Å². The molecule has 0 amide bonds. The summed E-state index contributed by atoms with van der Waals surface area (Å²) in [5.74, 6) is 0. The van der Waals surface area contributed by atoms with Crippen molar-refractivity contribution in [1.82, 2.24) is 0 Å². The van der Waals surface area contributed by atoms with E-state index >= 15 is 0 Å². The molecule has 0 aromatic carbocycles. The second-order valence-corrected chi connectivity index (χ2v) is 0. The molecular formula is H24Bi3Fe5O12. The van der Waals surface area contributed by atoms with Gasteiger partial charge in [-0.3, -0.25) is 0 Å². The largest absolute Gasteiger partial charge is 0.412 e. The van der Waals surface area contributed by atoms with Crippen LogP contribution in [0.15, 0.2) is 0 Å². The van der Waals surface area contributed by atoms with Crippen molar-refractivity contribution in [2.75, 3.05) is 0 Å². The molecular weight excluding hydrogens is 1100 g/mol. The third-order valence-electron chi connectivity index (χ3n) is 0. The summed E-state index contributed by atoms with van der Waals surface area (Å²) in [4.78, 5) is 0. The summed E-state index contributed by atoms with van der Waals surface area (Å²) < 4.78 is 0. The molecule has 0 aliphatic carbocycles. The van der Waals surface area contributed by atoms with E-state index in [0.29, 0.717) is 0 Å². The van der Waals surface area contributed by atoms with Crippen molar-refractivity contribution < 1.29 is 151 Å². The van der Waals surface area contributed by atoms with Crippen molar-refractivity contribution in [3.63, 3.8) is 0 Å². The topological polar surface area (TPSA) is 378 Å². The average Bonchev–Trinajstić information content (AvgIpc) is 0. The van der Waals surface area contributed by atoms with Gasteiger partial charge in [0.1, 0.15) is 0 Å². The summed E-state index contributed by atoms with van der Waals surface area (Å²) in [5.41, 5.74) is 0. The molecule has 20 heavy (non-hydrogen) atoms. The van der Waals surface area contributed by atoms with Crippen LogP contribution < -0.4 is 0 Å². The number of rotatable bonds is 0. The molecule has 9 radical (unpaired) electrons. The molecule has 0 atom stereocenters. The first-order chi connectivity index (χ1) is 0. The van der Waals surface area contributed by atoms with Gasteiger partial charge >= 0.3 is 0 Å². The molecule has 0 spiro atoms. The zero-order valence-corrected chi connectivity index (χ0v) is 25.1. The molecule has 0 saturated carbocycles. The standard InChI is InChI=1S/3Bi.5Fe.12H2O/h;;;;;;;;12*1H2. The Kier molecular flexibility index (Phi) is 16700. The van der Waals surface area contributed by atoms with Gasteiger partial charge < -0.3 is 65.7 Å². The van der Waals surface area contributed by atoms with Gasteiger partial charge in [-0.25, -0.2) is 0 Å². The first-order valence-electron chi connectivity index (χ1n) is 0. The van der Waals surface area contributed by atoms with Crippen molar-refractivity contribution in [2.24, 2.45) is 0 Å². The Balaban J connectivity index is 0. The third kappa shape index (κ3) is 475. The SMILES string of the molecule is O.O.O.O.O.O.O.O.O.O.O.O.[Bi].[Bi].[Bi].[Fe].[Fe].[Fe].[Fe].[Fe]. The smallest absolute Gasteiger partial charge is 0 e. The monoisotopic (exact) mass is 1120 g/mol. The summed E-state index contributed by atoms with van der Waals surface area (Å²) in [5, 5.41) is 0. The van der Waals surface area contributed by atoms with Crippen LogP contribution in [0.4, 0.5) is 0 Å². The summed E-state index contributed by atoms with van der Waals surface area (Å²) in [7, 11) is 0. The minimum Gasteiger partial charge on any atom is -0.412 e. The quantitative estimate of drug-likeness (QED) is 0.204. The molecule has 0 aromatic rings. The van der Waals surface area contributed by atoms with Gasteiger partial charge in [-0.2, -0.15) is 0 Å². The molecule has 151 valence electrons. The molecule has 12 nitrogen and oxygen atoms in total. The fourth-order valence-electron chi connectivity index (χ4n) is 0. The van der Waals surface area contributed by atoms with Crippen molar-refractivity contribution in [3.8, 4) is 0 Å². The van der Waals surface area contributed by atoms with Gasteiger partial charge in [-0.05, 0) is 0 Å². The summed E-state index contributed by atoms with van der Waals surface area (Å²) in [6.45, 7) is 0. The second-order valence-electron chi connectivity index (χ2n) is 0. The predicted molar refractivity (Wildman–Crippen MR) is 60.6 cm³/mol. The maximum atomic E-state index is 0.